The largest absolute Gasteiger partial charge is 0.416 e. The van der Waals surface area contributed by atoms with Crippen LogP contribution in [0.15, 0.2) is 23.1 Å². The number of hydrogen-bond donors (Lipinski definition) is 0. The average molecular weight is 232 g/mol. The highest BCUT2D eigenvalue weighted by atomic mass is 32.2. The van der Waals surface area contributed by atoms with Crippen LogP contribution in [0.1, 0.15) is 17.0 Å². The Bertz CT molecular complexity index is 400. The first kappa shape index (κ1) is 10.5. The van der Waals surface area contributed by atoms with E-state index in [9.17, 15) is 18.0 Å². The van der Waals surface area contributed by atoms with Crippen molar-refractivity contribution in [2.45, 2.75) is 17.0 Å². The van der Waals surface area contributed by atoms with E-state index in [4.69, 9.17) is 0 Å². The molecule has 1 atom stereocenters. The predicted octanol–water partition coefficient (Wildman–Crippen LogP) is 3.09. The van der Waals surface area contributed by atoms with Crippen molar-refractivity contribution in [3.8, 4) is 0 Å². The minimum absolute atomic E-state index is 0.144. The number of benzene rings is 1. The molecule has 0 fully saturated rings. The first-order valence-corrected chi connectivity index (χ1v) is 5.31. The van der Waals surface area contributed by atoms with Gasteiger partial charge >= 0.3 is 6.18 Å². The molecule has 1 unspecified atom stereocenters. The van der Waals surface area contributed by atoms with Crippen molar-refractivity contribution >= 4 is 18.0 Å². The molecule has 0 radical (unpaired) electrons. The Balaban J connectivity index is 2.59. The van der Waals surface area contributed by atoms with E-state index in [1.165, 1.54) is 17.8 Å². The zero-order valence-electron chi connectivity index (χ0n) is 7.54. The van der Waals surface area contributed by atoms with Gasteiger partial charge in [-0.1, -0.05) is 6.07 Å². The maximum Gasteiger partial charge on any atom is 0.416 e. The molecule has 1 nitrogen and oxygen atoms in total. The van der Waals surface area contributed by atoms with E-state index in [2.05, 4.69) is 0 Å². The van der Waals surface area contributed by atoms with Gasteiger partial charge in [0.05, 0.1) is 11.5 Å². The third-order valence-electron chi connectivity index (χ3n) is 2.32. The molecule has 5 heteroatoms. The van der Waals surface area contributed by atoms with Crippen LogP contribution in [0.4, 0.5) is 13.2 Å². The van der Waals surface area contributed by atoms with Crippen molar-refractivity contribution in [1.29, 1.82) is 0 Å². The number of carbonyl (C=O) groups excluding carboxylic acids is 1. The van der Waals surface area contributed by atoms with Crippen LogP contribution in [0.2, 0.25) is 0 Å². The number of carbonyl (C=O) groups is 1. The van der Waals surface area contributed by atoms with Crippen LogP contribution in [-0.2, 0) is 11.0 Å². The van der Waals surface area contributed by atoms with Gasteiger partial charge in [-0.05, 0) is 17.7 Å². The number of rotatable bonds is 1. The summed E-state index contributed by atoms with van der Waals surface area (Å²) in [4.78, 5) is 11.2. The summed E-state index contributed by atoms with van der Waals surface area (Å²) >= 11 is 1.30. The fourth-order valence-corrected chi connectivity index (χ4v) is 2.87. The number of fused-ring (bicyclic) bond motifs is 1. The molecule has 0 amide bonds. The Labute approximate surface area is 88.7 Å². The molecule has 0 bridgehead atoms. The van der Waals surface area contributed by atoms with Gasteiger partial charge in [0.1, 0.15) is 6.29 Å². The minimum Gasteiger partial charge on any atom is -0.303 e. The first-order valence-electron chi connectivity index (χ1n) is 4.32. The van der Waals surface area contributed by atoms with Crippen LogP contribution in [0, 0.1) is 0 Å². The van der Waals surface area contributed by atoms with Crippen LogP contribution in [-0.4, -0.2) is 12.0 Å². The molecule has 1 heterocycles. The minimum atomic E-state index is -4.38. The van der Waals surface area contributed by atoms with E-state index >= 15 is 0 Å². The Hall–Kier alpha value is -0.970. The van der Waals surface area contributed by atoms with E-state index in [1.54, 1.807) is 6.07 Å². The zero-order valence-corrected chi connectivity index (χ0v) is 8.36. The lowest BCUT2D eigenvalue weighted by molar-refractivity contribution is -0.138. The molecule has 1 aromatic carbocycles. The molecule has 1 aliphatic rings. The number of thioether (sulfide) groups is 1. The standard InChI is InChI=1S/C10H7F3OS/c11-10(12,13)7-2-1-3-8-9(7)6(4-14)5-15-8/h1-4,6H,5H2. The van der Waals surface area contributed by atoms with Gasteiger partial charge < -0.3 is 4.79 Å². The molecular formula is C10H7F3OS. The van der Waals surface area contributed by atoms with Crippen molar-refractivity contribution in [2.24, 2.45) is 0 Å². The maximum absolute atomic E-state index is 12.6. The van der Waals surface area contributed by atoms with Crippen LogP contribution in [0.5, 0.6) is 0 Å². The third kappa shape index (κ3) is 1.76. The molecule has 2 rings (SSSR count). The summed E-state index contributed by atoms with van der Waals surface area (Å²) in [6.07, 6.45) is -3.79. The highest BCUT2D eigenvalue weighted by Gasteiger charge is 2.38. The van der Waals surface area contributed by atoms with Gasteiger partial charge in [-0.15, -0.1) is 11.8 Å². The van der Waals surface area contributed by atoms with E-state index in [-0.39, 0.29) is 5.56 Å². The molecule has 0 N–H and O–H groups in total. The molecule has 15 heavy (non-hydrogen) atoms. The Kier molecular flexibility index (Phi) is 2.50. The number of aldehydes is 1. The van der Waals surface area contributed by atoms with Crippen LogP contribution >= 0.6 is 11.8 Å². The molecule has 0 aromatic heterocycles. The van der Waals surface area contributed by atoms with Gasteiger partial charge in [-0.2, -0.15) is 13.2 Å². The molecule has 0 saturated heterocycles. The second-order valence-electron chi connectivity index (χ2n) is 3.27. The summed E-state index contributed by atoms with van der Waals surface area (Å²) < 4.78 is 37.9. The highest BCUT2D eigenvalue weighted by Crippen LogP contribution is 2.45. The number of hydrogen-bond acceptors (Lipinski definition) is 2. The predicted molar refractivity (Wildman–Crippen MR) is 51.0 cm³/mol. The smallest absolute Gasteiger partial charge is 0.303 e. The topological polar surface area (TPSA) is 17.1 Å². The second-order valence-corrected chi connectivity index (χ2v) is 4.33. The summed E-state index contributed by atoms with van der Waals surface area (Å²) in [7, 11) is 0. The Morgan fingerprint density at radius 3 is 2.73 bits per heavy atom. The molecule has 1 aromatic rings. The van der Waals surface area contributed by atoms with Crippen molar-refractivity contribution < 1.29 is 18.0 Å². The Morgan fingerprint density at radius 2 is 2.13 bits per heavy atom. The molecular weight excluding hydrogens is 225 g/mol. The monoisotopic (exact) mass is 232 g/mol. The summed E-state index contributed by atoms with van der Waals surface area (Å²) in [5.74, 6) is -0.214. The molecule has 0 spiro atoms. The van der Waals surface area contributed by atoms with Gasteiger partial charge in [0.2, 0.25) is 0 Å². The van der Waals surface area contributed by atoms with Crippen LogP contribution in [0.3, 0.4) is 0 Å². The SMILES string of the molecule is O=CC1CSc2cccc(C(F)(F)F)c21. The quantitative estimate of drug-likeness (QED) is 0.692. The average Bonchev–Trinajstić information content (AvgIpc) is 2.58. The molecule has 1 aliphatic heterocycles. The van der Waals surface area contributed by atoms with E-state index in [0.29, 0.717) is 16.9 Å². The lowest BCUT2D eigenvalue weighted by Gasteiger charge is -2.13. The fourth-order valence-electron chi connectivity index (χ4n) is 1.67. The lowest BCUT2D eigenvalue weighted by Crippen LogP contribution is -2.11. The van der Waals surface area contributed by atoms with Gasteiger partial charge in [0.15, 0.2) is 0 Å². The molecule has 0 aliphatic carbocycles. The summed E-state index contributed by atoms with van der Waals surface area (Å²) in [5, 5.41) is 0. The highest BCUT2D eigenvalue weighted by molar-refractivity contribution is 7.99. The number of halogens is 3. The van der Waals surface area contributed by atoms with Gasteiger partial charge in [-0.25, -0.2) is 0 Å². The van der Waals surface area contributed by atoms with Crippen molar-refractivity contribution in [2.75, 3.05) is 5.75 Å². The fraction of sp³-hybridized carbons (Fsp3) is 0.300. The summed E-state index contributed by atoms with van der Waals surface area (Å²) in [6.45, 7) is 0. The number of alkyl halides is 3. The van der Waals surface area contributed by atoms with Crippen molar-refractivity contribution in [1.82, 2.24) is 0 Å². The third-order valence-corrected chi connectivity index (χ3v) is 3.52. The first-order chi connectivity index (χ1) is 7.04. The second kappa shape index (κ2) is 3.56. The van der Waals surface area contributed by atoms with Crippen molar-refractivity contribution in [3.63, 3.8) is 0 Å². The van der Waals surface area contributed by atoms with Gasteiger partial charge in [0, 0.05) is 10.6 Å². The van der Waals surface area contributed by atoms with E-state index in [1.807, 2.05) is 0 Å². The maximum atomic E-state index is 12.6. The normalized spacial score (nSPS) is 20.1. The lowest BCUT2D eigenvalue weighted by atomic mass is 9.97. The summed E-state index contributed by atoms with van der Waals surface area (Å²) in [6, 6.07) is 4.03. The van der Waals surface area contributed by atoms with Gasteiger partial charge in [-0.3, -0.25) is 0 Å². The van der Waals surface area contributed by atoms with Crippen LogP contribution < -0.4 is 0 Å². The van der Waals surface area contributed by atoms with E-state index < -0.39 is 17.7 Å². The van der Waals surface area contributed by atoms with Crippen LogP contribution in [0.25, 0.3) is 0 Å². The zero-order chi connectivity index (χ0) is 11.1. The van der Waals surface area contributed by atoms with E-state index in [0.717, 1.165) is 6.07 Å². The molecule has 0 saturated carbocycles. The molecule has 80 valence electrons. The van der Waals surface area contributed by atoms with Gasteiger partial charge in [0.25, 0.3) is 0 Å². The van der Waals surface area contributed by atoms with Crippen molar-refractivity contribution in [3.05, 3.63) is 29.3 Å². The Morgan fingerprint density at radius 1 is 1.40 bits per heavy atom. The summed E-state index contributed by atoms with van der Waals surface area (Å²) in [5.41, 5.74) is -0.535.